The largest absolute Gasteiger partial charge is 0.310 e. The Bertz CT molecular complexity index is 4100. The molecule has 0 unspecified atom stereocenters. The lowest BCUT2D eigenvalue weighted by molar-refractivity contribution is 0.627. The fourth-order valence-electron chi connectivity index (χ4n) is 11.9. The minimum absolute atomic E-state index is 0.349. The molecule has 11 aromatic rings. The molecule has 0 saturated carbocycles. The SMILES string of the molecule is N#Cc1ccc(N(c2ccc(F)cc2)c2ccc3c(c2)C2(C(c4ccccc4)=C(c4ccccc4)C(c4ccccc4)=C2c2ccccc2)c2cc(N(c4ccc(F)cc4)c4ccc(C#N)cc4)c4ccccc4c2-3)cc1. The Kier molecular flexibility index (Phi) is 11.5. The third-order valence-electron chi connectivity index (χ3n) is 15.0. The highest BCUT2D eigenvalue weighted by atomic mass is 19.1. The first-order valence-corrected chi connectivity index (χ1v) is 25.5. The molecule has 0 saturated heterocycles. The molecule has 2 aliphatic rings. The van der Waals surface area contributed by atoms with E-state index in [9.17, 15) is 14.9 Å². The van der Waals surface area contributed by atoms with Crippen molar-refractivity contribution in [3.8, 4) is 23.3 Å². The van der Waals surface area contributed by atoms with Crippen LogP contribution < -0.4 is 9.80 Å². The topological polar surface area (TPSA) is 54.1 Å². The van der Waals surface area contributed by atoms with Crippen molar-refractivity contribution in [2.75, 3.05) is 9.80 Å². The molecule has 13 rings (SSSR count). The fourth-order valence-corrected chi connectivity index (χ4v) is 11.9. The molecule has 11 aromatic carbocycles. The highest BCUT2D eigenvalue weighted by Gasteiger charge is 2.56. The number of halogens is 2. The Morgan fingerprint density at radius 1 is 0.338 bits per heavy atom. The molecular formula is C71H44F2N4. The second kappa shape index (κ2) is 19.1. The Morgan fingerprint density at radius 3 is 1.16 bits per heavy atom. The lowest BCUT2D eigenvalue weighted by atomic mass is 9.65. The van der Waals surface area contributed by atoms with Crippen LogP contribution in [0.5, 0.6) is 0 Å². The summed E-state index contributed by atoms with van der Waals surface area (Å²) < 4.78 is 30.0. The molecule has 77 heavy (non-hydrogen) atoms. The van der Waals surface area contributed by atoms with Gasteiger partial charge in [-0.15, -0.1) is 0 Å². The molecule has 362 valence electrons. The van der Waals surface area contributed by atoms with E-state index in [-0.39, 0.29) is 11.6 Å². The van der Waals surface area contributed by atoms with Crippen molar-refractivity contribution in [2.24, 2.45) is 0 Å². The number of allylic oxidation sites excluding steroid dienone is 4. The van der Waals surface area contributed by atoms with Crippen molar-refractivity contribution in [3.05, 3.63) is 323 Å². The average molecular weight is 991 g/mol. The van der Waals surface area contributed by atoms with Crippen molar-refractivity contribution < 1.29 is 8.78 Å². The number of benzene rings is 11. The van der Waals surface area contributed by atoms with Gasteiger partial charge in [-0.25, -0.2) is 8.78 Å². The standard InChI is InChI=1S/C71H44F2N4/c72-53-29-37-56(38-30-53)76(55-33-25-47(45-74)26-34-55)59-41-42-62-63(43-59)71(64-44-65(60-23-13-14-24-61(60)68(62)64)77(58-39-31-54(73)32-40-58)57-35-27-48(46-75)28-36-57)69(51-19-9-3-10-20-51)66(49-15-5-1-6-16-49)67(50-17-7-2-8-18-50)70(71)52-21-11-4-12-22-52/h1-44H. The summed E-state index contributed by atoms with van der Waals surface area (Å²) >= 11 is 0. The van der Waals surface area contributed by atoms with Crippen molar-refractivity contribution in [1.29, 1.82) is 10.5 Å². The second-order valence-corrected chi connectivity index (χ2v) is 19.2. The summed E-state index contributed by atoms with van der Waals surface area (Å²) in [7, 11) is 0. The van der Waals surface area contributed by atoms with Gasteiger partial charge in [0.15, 0.2) is 0 Å². The molecule has 0 fully saturated rings. The molecule has 1 spiro atoms. The quantitative estimate of drug-likeness (QED) is 0.137. The van der Waals surface area contributed by atoms with Gasteiger partial charge in [0.2, 0.25) is 0 Å². The van der Waals surface area contributed by atoms with Gasteiger partial charge < -0.3 is 9.80 Å². The number of hydrogen-bond acceptors (Lipinski definition) is 4. The van der Waals surface area contributed by atoms with Gasteiger partial charge in [0, 0.05) is 33.8 Å². The molecule has 6 heteroatoms. The normalized spacial score (nSPS) is 13.0. The van der Waals surface area contributed by atoms with Crippen LogP contribution in [0.1, 0.15) is 44.5 Å². The van der Waals surface area contributed by atoms with Crippen LogP contribution in [0.15, 0.2) is 267 Å². The fraction of sp³-hybridized carbons (Fsp3) is 0.0141. The summed E-state index contributed by atoms with van der Waals surface area (Å²) in [6.45, 7) is 0. The van der Waals surface area contributed by atoms with Gasteiger partial charge >= 0.3 is 0 Å². The van der Waals surface area contributed by atoms with E-state index in [0.29, 0.717) is 11.1 Å². The van der Waals surface area contributed by atoms with Gasteiger partial charge in [-0.3, -0.25) is 0 Å². The molecule has 0 N–H and O–H groups in total. The number of hydrogen-bond donors (Lipinski definition) is 0. The third kappa shape index (κ3) is 7.70. The summed E-state index contributed by atoms with van der Waals surface area (Å²) in [4.78, 5) is 4.31. The van der Waals surface area contributed by atoms with E-state index >= 15 is 4.39 Å². The zero-order valence-corrected chi connectivity index (χ0v) is 41.4. The molecule has 0 aliphatic heterocycles. The van der Waals surface area contributed by atoms with E-state index in [0.717, 1.165) is 112 Å². The number of nitrogens with zero attached hydrogens (tertiary/aromatic N) is 4. The minimum Gasteiger partial charge on any atom is -0.310 e. The van der Waals surface area contributed by atoms with Crippen LogP contribution in [0.3, 0.4) is 0 Å². The van der Waals surface area contributed by atoms with E-state index in [1.165, 1.54) is 24.3 Å². The lowest BCUT2D eigenvalue weighted by Gasteiger charge is -2.37. The van der Waals surface area contributed by atoms with Crippen LogP contribution >= 0.6 is 0 Å². The van der Waals surface area contributed by atoms with Crippen molar-refractivity contribution >= 4 is 67.2 Å². The Hall–Kier alpha value is -10.4. The van der Waals surface area contributed by atoms with Crippen LogP contribution in [0.2, 0.25) is 0 Å². The van der Waals surface area contributed by atoms with Gasteiger partial charge in [-0.2, -0.15) is 10.5 Å². The molecule has 0 amide bonds. The maximum absolute atomic E-state index is 15.1. The Morgan fingerprint density at radius 2 is 0.714 bits per heavy atom. The van der Waals surface area contributed by atoms with Gasteiger partial charge in [-0.1, -0.05) is 152 Å². The van der Waals surface area contributed by atoms with Crippen molar-refractivity contribution in [3.63, 3.8) is 0 Å². The monoisotopic (exact) mass is 990 g/mol. The van der Waals surface area contributed by atoms with Crippen LogP contribution in [0.4, 0.5) is 42.9 Å². The molecule has 0 atom stereocenters. The van der Waals surface area contributed by atoms with Crippen molar-refractivity contribution in [1.82, 2.24) is 0 Å². The molecule has 0 radical (unpaired) electrons. The van der Waals surface area contributed by atoms with Gasteiger partial charge in [0.1, 0.15) is 11.6 Å². The summed E-state index contributed by atoms with van der Waals surface area (Å²) in [5.74, 6) is -0.699. The Labute approximate surface area is 445 Å². The van der Waals surface area contributed by atoms with E-state index in [2.05, 4.69) is 192 Å². The molecule has 4 nitrogen and oxygen atoms in total. The summed E-state index contributed by atoms with van der Waals surface area (Å²) in [5, 5.41) is 21.9. The van der Waals surface area contributed by atoms with Crippen LogP contribution in [-0.4, -0.2) is 0 Å². The number of rotatable bonds is 10. The minimum atomic E-state index is -1.09. The van der Waals surface area contributed by atoms with Crippen LogP contribution in [-0.2, 0) is 5.41 Å². The predicted octanol–water partition coefficient (Wildman–Crippen LogP) is 18.3. The van der Waals surface area contributed by atoms with Crippen LogP contribution in [0.25, 0.3) is 44.2 Å². The average Bonchev–Trinajstić information content (AvgIpc) is 3.56. The van der Waals surface area contributed by atoms with Crippen LogP contribution in [0, 0.1) is 34.3 Å². The molecule has 0 aromatic heterocycles. The Balaban J connectivity index is 1.25. The maximum Gasteiger partial charge on any atom is 0.123 e. The highest BCUT2D eigenvalue weighted by molar-refractivity contribution is 6.34. The highest BCUT2D eigenvalue weighted by Crippen LogP contribution is 2.71. The second-order valence-electron chi connectivity index (χ2n) is 19.2. The predicted molar refractivity (Wildman–Crippen MR) is 308 cm³/mol. The molecule has 0 heterocycles. The zero-order chi connectivity index (χ0) is 52.0. The maximum atomic E-state index is 15.1. The molecule has 2 aliphatic carbocycles. The van der Waals surface area contributed by atoms with E-state index in [4.69, 9.17) is 0 Å². The smallest absolute Gasteiger partial charge is 0.123 e. The molecular weight excluding hydrogens is 947 g/mol. The summed E-state index contributed by atoms with van der Waals surface area (Å²) in [6, 6.07) is 93.3. The molecule has 0 bridgehead atoms. The zero-order valence-electron chi connectivity index (χ0n) is 41.4. The van der Waals surface area contributed by atoms with Crippen molar-refractivity contribution in [2.45, 2.75) is 5.41 Å². The summed E-state index contributed by atoms with van der Waals surface area (Å²) in [5.41, 5.74) is 17.5. The summed E-state index contributed by atoms with van der Waals surface area (Å²) in [6.07, 6.45) is 0. The first kappa shape index (κ1) is 46.4. The van der Waals surface area contributed by atoms with E-state index in [1.807, 2.05) is 48.5 Å². The van der Waals surface area contributed by atoms with Gasteiger partial charge in [0.25, 0.3) is 0 Å². The first-order chi connectivity index (χ1) is 37.9. The van der Waals surface area contributed by atoms with Gasteiger partial charge in [0.05, 0.1) is 34.4 Å². The van der Waals surface area contributed by atoms with Gasteiger partial charge in [-0.05, 0) is 187 Å². The number of anilines is 6. The van der Waals surface area contributed by atoms with E-state index < -0.39 is 5.41 Å². The first-order valence-electron chi connectivity index (χ1n) is 25.5. The lowest BCUT2D eigenvalue weighted by Crippen LogP contribution is -2.28. The number of nitriles is 2. The third-order valence-corrected chi connectivity index (χ3v) is 15.0. The van der Waals surface area contributed by atoms with E-state index in [1.54, 1.807) is 24.3 Å². The number of fused-ring (bicyclic) bond motifs is 7.